The number of fused-ring (bicyclic) bond motifs is 1. The molecule has 3 aromatic rings. The molecule has 2 N–H and O–H groups in total. The highest BCUT2D eigenvalue weighted by molar-refractivity contribution is 5.80. The number of imidazole rings is 1. The summed E-state index contributed by atoms with van der Waals surface area (Å²) in [5.41, 5.74) is 0.792. The highest BCUT2D eigenvalue weighted by Crippen LogP contribution is 2.10. The monoisotopic (exact) mass is 327 g/mol. The van der Waals surface area contributed by atoms with Crippen molar-refractivity contribution >= 4 is 17.1 Å². The number of amides is 1. The average Bonchev–Trinajstić information content (AvgIpc) is 2.91. The topological polar surface area (TPSA) is 102 Å². The fraction of sp³-hybridized carbons (Fsp3) is 0.250. The minimum Gasteiger partial charge on any atom is -0.481 e. The first kappa shape index (κ1) is 15.7. The number of aromatic nitrogens is 4. The van der Waals surface area contributed by atoms with E-state index in [4.69, 9.17) is 4.74 Å². The third-order valence-electron chi connectivity index (χ3n) is 3.49. The van der Waals surface area contributed by atoms with Crippen molar-refractivity contribution in [3.63, 3.8) is 0 Å². The number of carbonyl (C=O) groups is 1. The molecule has 1 atom stereocenters. The summed E-state index contributed by atoms with van der Waals surface area (Å²) in [7, 11) is 0. The van der Waals surface area contributed by atoms with Crippen molar-refractivity contribution in [2.75, 3.05) is 6.54 Å². The number of hydrogen-bond donors (Lipinski definition) is 2. The van der Waals surface area contributed by atoms with E-state index in [1.165, 1.54) is 17.1 Å². The highest BCUT2D eigenvalue weighted by Gasteiger charge is 2.14. The van der Waals surface area contributed by atoms with E-state index in [-0.39, 0.29) is 18.1 Å². The first-order valence-corrected chi connectivity index (χ1v) is 7.53. The van der Waals surface area contributed by atoms with Crippen molar-refractivity contribution in [2.45, 2.75) is 19.6 Å². The molecule has 0 unspecified atom stereocenters. The second kappa shape index (κ2) is 6.95. The van der Waals surface area contributed by atoms with Crippen LogP contribution in [0, 0.1) is 0 Å². The molecule has 0 aliphatic rings. The van der Waals surface area contributed by atoms with Crippen LogP contribution in [0.1, 0.15) is 6.92 Å². The zero-order valence-corrected chi connectivity index (χ0v) is 13.1. The lowest BCUT2D eigenvalue weighted by Gasteiger charge is -2.14. The van der Waals surface area contributed by atoms with E-state index in [2.05, 4.69) is 20.3 Å². The van der Waals surface area contributed by atoms with Crippen LogP contribution in [0.3, 0.4) is 0 Å². The minimum atomic E-state index is -0.630. The van der Waals surface area contributed by atoms with Crippen molar-refractivity contribution in [3.8, 4) is 5.75 Å². The van der Waals surface area contributed by atoms with E-state index >= 15 is 0 Å². The maximum atomic E-state index is 12.1. The van der Waals surface area contributed by atoms with Gasteiger partial charge in [-0.3, -0.25) is 9.36 Å². The number of para-hydroxylation sites is 1. The smallest absolute Gasteiger partial charge is 0.327 e. The summed E-state index contributed by atoms with van der Waals surface area (Å²) in [6, 6.07) is 9.13. The Morgan fingerprint density at radius 1 is 1.38 bits per heavy atom. The third-order valence-corrected chi connectivity index (χ3v) is 3.49. The van der Waals surface area contributed by atoms with Crippen LogP contribution < -0.4 is 15.7 Å². The van der Waals surface area contributed by atoms with Crippen LogP contribution in [0.25, 0.3) is 11.2 Å². The Bertz CT molecular complexity index is 887. The highest BCUT2D eigenvalue weighted by atomic mass is 16.5. The Labute approximate surface area is 137 Å². The quantitative estimate of drug-likeness (QED) is 0.694. The largest absolute Gasteiger partial charge is 0.481 e. The van der Waals surface area contributed by atoms with Crippen molar-refractivity contribution in [3.05, 3.63) is 53.3 Å². The average molecular weight is 327 g/mol. The molecule has 0 saturated heterocycles. The van der Waals surface area contributed by atoms with E-state index in [0.717, 1.165) is 0 Å². The first-order chi connectivity index (χ1) is 11.6. The van der Waals surface area contributed by atoms with Gasteiger partial charge in [-0.1, -0.05) is 18.2 Å². The van der Waals surface area contributed by atoms with Gasteiger partial charge in [0.05, 0.1) is 6.20 Å². The number of benzene rings is 1. The van der Waals surface area contributed by atoms with Gasteiger partial charge in [0.15, 0.2) is 11.8 Å². The lowest BCUT2D eigenvalue weighted by molar-refractivity contribution is -0.127. The molecule has 2 aromatic heterocycles. The molecule has 1 aromatic carbocycles. The summed E-state index contributed by atoms with van der Waals surface area (Å²) >= 11 is 0. The number of nitrogens with zero attached hydrogens (tertiary/aromatic N) is 3. The van der Waals surface area contributed by atoms with Crippen molar-refractivity contribution in [1.29, 1.82) is 0 Å². The summed E-state index contributed by atoms with van der Waals surface area (Å²) in [5, 5.41) is 2.75. The molecule has 3 rings (SSSR count). The first-order valence-electron chi connectivity index (χ1n) is 7.53. The number of H-pyrrole nitrogens is 1. The molecule has 1 amide bonds. The molecular formula is C16H17N5O3. The van der Waals surface area contributed by atoms with Crippen LogP contribution in [-0.4, -0.2) is 38.1 Å². The van der Waals surface area contributed by atoms with Gasteiger partial charge in [0.25, 0.3) is 5.91 Å². The molecular weight excluding hydrogens is 310 g/mol. The van der Waals surface area contributed by atoms with Gasteiger partial charge in [-0.2, -0.15) is 0 Å². The molecule has 24 heavy (non-hydrogen) atoms. The van der Waals surface area contributed by atoms with Crippen LogP contribution in [0.5, 0.6) is 5.75 Å². The molecule has 0 saturated carbocycles. The number of carbonyl (C=O) groups excluding carboxylic acids is 1. The molecule has 0 spiro atoms. The van der Waals surface area contributed by atoms with Gasteiger partial charge >= 0.3 is 5.69 Å². The molecule has 124 valence electrons. The maximum Gasteiger partial charge on any atom is 0.327 e. The molecule has 0 aliphatic heterocycles. The van der Waals surface area contributed by atoms with Gasteiger partial charge in [0.2, 0.25) is 0 Å². The van der Waals surface area contributed by atoms with Gasteiger partial charge in [0, 0.05) is 13.1 Å². The zero-order chi connectivity index (χ0) is 16.9. The lowest BCUT2D eigenvalue weighted by Crippen LogP contribution is -2.38. The standard InChI is InChI=1S/C16H17N5O3/c1-11(24-12-5-3-2-4-6-12)15(22)18-7-8-21-14-13(20-16(21)23)9-17-10-19-14/h2-6,9-11H,7-8H2,1H3,(H,18,22)(H,20,23)/t11-/m0/s1. The van der Waals surface area contributed by atoms with Gasteiger partial charge in [-0.25, -0.2) is 14.8 Å². The molecule has 8 nitrogen and oxygen atoms in total. The molecule has 0 bridgehead atoms. The van der Waals surface area contributed by atoms with Crippen LogP contribution in [0.15, 0.2) is 47.7 Å². The van der Waals surface area contributed by atoms with E-state index in [1.54, 1.807) is 19.1 Å². The molecule has 0 radical (unpaired) electrons. The Morgan fingerprint density at radius 3 is 2.96 bits per heavy atom. The Kier molecular flexibility index (Phi) is 4.55. The van der Waals surface area contributed by atoms with E-state index < -0.39 is 6.10 Å². The van der Waals surface area contributed by atoms with Gasteiger partial charge in [0.1, 0.15) is 17.6 Å². The number of nitrogens with one attached hydrogen (secondary N) is 2. The minimum absolute atomic E-state index is 0.249. The molecule has 2 heterocycles. The Morgan fingerprint density at radius 2 is 2.17 bits per heavy atom. The Balaban J connectivity index is 1.56. The van der Waals surface area contributed by atoms with Crippen molar-refractivity contribution < 1.29 is 9.53 Å². The fourth-order valence-corrected chi connectivity index (χ4v) is 2.30. The number of hydrogen-bond acceptors (Lipinski definition) is 5. The second-order valence-corrected chi connectivity index (χ2v) is 5.21. The van der Waals surface area contributed by atoms with Crippen LogP contribution in [-0.2, 0) is 11.3 Å². The van der Waals surface area contributed by atoms with Gasteiger partial charge < -0.3 is 15.0 Å². The van der Waals surface area contributed by atoms with Crippen molar-refractivity contribution in [2.24, 2.45) is 0 Å². The lowest BCUT2D eigenvalue weighted by atomic mass is 10.3. The molecule has 0 aliphatic carbocycles. The van der Waals surface area contributed by atoms with Crippen LogP contribution in [0.4, 0.5) is 0 Å². The fourth-order valence-electron chi connectivity index (χ4n) is 2.30. The number of ether oxygens (including phenoxy) is 1. The molecule has 0 fully saturated rings. The normalized spacial score (nSPS) is 12.0. The van der Waals surface area contributed by atoms with Crippen LogP contribution in [0.2, 0.25) is 0 Å². The predicted octanol–water partition coefficient (Wildman–Crippen LogP) is 0.703. The van der Waals surface area contributed by atoms with E-state index in [0.29, 0.717) is 23.5 Å². The summed E-state index contributed by atoms with van der Waals surface area (Å²) in [5.74, 6) is 0.381. The summed E-state index contributed by atoms with van der Waals surface area (Å²) in [4.78, 5) is 34.6. The van der Waals surface area contributed by atoms with E-state index in [9.17, 15) is 9.59 Å². The third kappa shape index (κ3) is 3.43. The number of rotatable bonds is 6. The number of aromatic amines is 1. The van der Waals surface area contributed by atoms with E-state index in [1.807, 2.05) is 18.2 Å². The van der Waals surface area contributed by atoms with Crippen LogP contribution >= 0.6 is 0 Å². The van der Waals surface area contributed by atoms with Crippen molar-refractivity contribution in [1.82, 2.24) is 24.8 Å². The SMILES string of the molecule is C[C@H](Oc1ccccc1)C(=O)NCCn1c(=O)[nH]c2cncnc21. The summed E-state index contributed by atoms with van der Waals surface area (Å²) < 4.78 is 7.01. The zero-order valence-electron chi connectivity index (χ0n) is 13.1. The molecule has 8 heteroatoms. The maximum absolute atomic E-state index is 12.1. The summed E-state index contributed by atoms with van der Waals surface area (Å²) in [6.45, 7) is 2.27. The second-order valence-electron chi connectivity index (χ2n) is 5.21. The Hall–Kier alpha value is -3.16. The van der Waals surface area contributed by atoms with Gasteiger partial charge in [-0.05, 0) is 19.1 Å². The predicted molar refractivity (Wildman–Crippen MR) is 87.7 cm³/mol. The van der Waals surface area contributed by atoms with Gasteiger partial charge in [-0.15, -0.1) is 0 Å². The summed E-state index contributed by atoms with van der Waals surface area (Å²) in [6.07, 6.45) is 2.28.